The molecule has 11 heteroatoms. The van der Waals surface area contributed by atoms with Gasteiger partial charge in [0.2, 0.25) is 5.91 Å². The molecule has 1 fully saturated rings. The molecule has 0 aromatic carbocycles. The van der Waals surface area contributed by atoms with Crippen LogP contribution in [0.3, 0.4) is 0 Å². The van der Waals surface area contributed by atoms with E-state index in [9.17, 15) is 28.3 Å². The van der Waals surface area contributed by atoms with Crippen molar-refractivity contribution < 1.29 is 32.7 Å². The maximum atomic E-state index is 12.4. The highest BCUT2D eigenvalue weighted by Gasteiger charge is 2.52. The van der Waals surface area contributed by atoms with E-state index in [0.717, 1.165) is 4.90 Å². The number of nitrogens with two attached hydrogens (primary N) is 1. The lowest BCUT2D eigenvalue weighted by Gasteiger charge is -2.48. The molecule has 0 aliphatic carbocycles. The number of carboxylic acid groups (broad SMARTS) is 1. The van der Waals surface area contributed by atoms with Crippen molar-refractivity contribution in [2.24, 2.45) is 5.73 Å². The number of nitrogens with zero attached hydrogens (tertiary/aromatic N) is 1. The number of thioether (sulfide) groups is 1. The van der Waals surface area contributed by atoms with Crippen molar-refractivity contribution in [3.05, 3.63) is 35.4 Å². The predicted octanol–water partition coefficient (Wildman–Crippen LogP) is -0.509. The molecule has 1 saturated heterocycles. The number of β-lactam (4-membered cyclic amide) rings is 1. The van der Waals surface area contributed by atoms with Gasteiger partial charge in [-0.2, -0.15) is 0 Å². The molecule has 0 radical (unpaired) electrons. The standard InChI is InChI=1S/C13H14N2O7S2/c14-8-10(16)15-9(12(17)18)6(4-23-11(8)15)5-24(20,21)13(19)7-2-1-3-22-7/h1-3,8,11,24H,4-5,14H2,(H,17,18)(H,20,21). The van der Waals surface area contributed by atoms with Gasteiger partial charge in [-0.15, -0.1) is 22.0 Å². The Kier molecular flexibility index (Phi) is 4.11. The van der Waals surface area contributed by atoms with Crippen LogP contribution in [-0.4, -0.2) is 58.7 Å². The van der Waals surface area contributed by atoms with Crippen LogP contribution >= 0.6 is 11.8 Å². The summed E-state index contributed by atoms with van der Waals surface area (Å²) in [5, 5.41) is 7.78. The summed E-state index contributed by atoms with van der Waals surface area (Å²) < 4.78 is 27.3. The van der Waals surface area contributed by atoms with Crippen molar-refractivity contribution in [3.8, 4) is 0 Å². The maximum Gasteiger partial charge on any atom is 0.352 e. The smallest absolute Gasteiger partial charge is 0.352 e. The van der Waals surface area contributed by atoms with E-state index in [0.29, 0.717) is 0 Å². The first-order chi connectivity index (χ1) is 11.2. The van der Waals surface area contributed by atoms with Crippen LogP contribution in [0.5, 0.6) is 0 Å². The largest absolute Gasteiger partial charge is 0.477 e. The van der Waals surface area contributed by atoms with Crippen LogP contribution < -0.4 is 5.73 Å². The summed E-state index contributed by atoms with van der Waals surface area (Å²) in [6.45, 7) is 0. The number of carbonyl (C=O) groups is 3. The van der Waals surface area contributed by atoms with Crippen molar-refractivity contribution in [1.82, 2.24) is 4.90 Å². The third-order valence-electron chi connectivity index (χ3n) is 3.75. The van der Waals surface area contributed by atoms with E-state index in [1.807, 2.05) is 0 Å². The van der Waals surface area contributed by atoms with Crippen LogP contribution in [0.1, 0.15) is 10.6 Å². The van der Waals surface area contributed by atoms with Crippen molar-refractivity contribution in [2.45, 2.75) is 11.4 Å². The molecule has 1 aromatic heterocycles. The molecule has 4 N–H and O–H groups in total. The van der Waals surface area contributed by atoms with Crippen LogP contribution in [0, 0.1) is 0 Å². The molecule has 1 aromatic rings. The van der Waals surface area contributed by atoms with Crippen LogP contribution in [0.4, 0.5) is 0 Å². The summed E-state index contributed by atoms with van der Waals surface area (Å²) in [4.78, 5) is 36.4. The number of rotatable bonds is 4. The van der Waals surface area contributed by atoms with Gasteiger partial charge in [0.25, 0.3) is 5.12 Å². The summed E-state index contributed by atoms with van der Waals surface area (Å²) >= 11 is 1.20. The third kappa shape index (κ3) is 2.59. The highest BCUT2D eigenvalue weighted by atomic mass is 32.3. The molecular formula is C13H14N2O7S2. The lowest BCUT2D eigenvalue weighted by molar-refractivity contribution is -0.147. The molecule has 0 bridgehead atoms. The van der Waals surface area contributed by atoms with E-state index in [2.05, 4.69) is 0 Å². The summed E-state index contributed by atoms with van der Waals surface area (Å²) in [7, 11) is -4.41. The van der Waals surface area contributed by atoms with Crippen molar-refractivity contribution in [2.75, 3.05) is 11.5 Å². The predicted molar refractivity (Wildman–Crippen MR) is 85.8 cm³/mol. The van der Waals surface area contributed by atoms with E-state index in [1.165, 1.54) is 30.2 Å². The molecule has 3 heterocycles. The second-order valence-electron chi connectivity index (χ2n) is 5.34. The van der Waals surface area contributed by atoms with Gasteiger partial charge in [0, 0.05) is 5.75 Å². The first kappa shape index (κ1) is 16.9. The molecule has 2 unspecified atom stereocenters. The molecule has 9 nitrogen and oxygen atoms in total. The summed E-state index contributed by atoms with van der Waals surface area (Å²) in [6.07, 6.45) is 1.19. The van der Waals surface area contributed by atoms with E-state index in [-0.39, 0.29) is 22.8 Å². The van der Waals surface area contributed by atoms with Gasteiger partial charge in [0.15, 0.2) is 5.76 Å². The SMILES string of the molecule is NC1C(=O)N2C(C(=O)O)=C(C[SH](=O)(O)C(=O)c3ccco3)CSC12. The lowest BCUT2D eigenvalue weighted by Crippen LogP contribution is -2.68. The lowest BCUT2D eigenvalue weighted by atomic mass is 10.0. The highest BCUT2D eigenvalue weighted by molar-refractivity contribution is 8.12. The Labute approximate surface area is 141 Å². The molecule has 130 valence electrons. The van der Waals surface area contributed by atoms with Gasteiger partial charge in [0.05, 0.1) is 12.0 Å². The molecule has 24 heavy (non-hydrogen) atoms. The number of amides is 1. The quantitative estimate of drug-likeness (QED) is 0.403. The average molecular weight is 374 g/mol. The minimum Gasteiger partial charge on any atom is -0.477 e. The van der Waals surface area contributed by atoms with Crippen molar-refractivity contribution in [3.63, 3.8) is 0 Å². The first-order valence-corrected chi connectivity index (χ1v) is 9.69. The van der Waals surface area contributed by atoms with Gasteiger partial charge in [-0.3, -0.25) is 19.0 Å². The maximum absolute atomic E-state index is 12.4. The fourth-order valence-corrected chi connectivity index (χ4v) is 5.44. The minimum atomic E-state index is -4.41. The molecular weight excluding hydrogens is 360 g/mol. The third-order valence-corrected chi connectivity index (χ3v) is 6.77. The van der Waals surface area contributed by atoms with Crippen LogP contribution in [0.2, 0.25) is 0 Å². The highest BCUT2D eigenvalue weighted by Crippen LogP contribution is 2.40. The molecule has 1 amide bonds. The Morgan fingerprint density at radius 2 is 2.21 bits per heavy atom. The summed E-state index contributed by atoms with van der Waals surface area (Å²) in [6, 6.07) is 1.86. The van der Waals surface area contributed by atoms with E-state index >= 15 is 0 Å². The van der Waals surface area contributed by atoms with Gasteiger partial charge in [-0.05, 0) is 17.7 Å². The zero-order valence-corrected chi connectivity index (χ0v) is 13.8. The molecule has 2 aliphatic rings. The topological polar surface area (TPSA) is 151 Å². The second kappa shape index (κ2) is 5.84. The molecule has 2 atom stereocenters. The van der Waals surface area contributed by atoms with Crippen molar-refractivity contribution in [1.29, 1.82) is 0 Å². The Balaban J connectivity index is 1.92. The van der Waals surface area contributed by atoms with E-state index in [1.54, 1.807) is 0 Å². The van der Waals surface area contributed by atoms with Crippen molar-refractivity contribution >= 4 is 39.0 Å². The van der Waals surface area contributed by atoms with E-state index in [4.69, 9.17) is 10.2 Å². The Morgan fingerprint density at radius 3 is 2.79 bits per heavy atom. The fourth-order valence-electron chi connectivity index (χ4n) is 2.60. The number of furan rings is 1. The number of hydrogen-bond acceptors (Lipinski definition) is 7. The fraction of sp³-hybridized carbons (Fsp3) is 0.308. The number of carbonyl (C=O) groups excluding carboxylic acids is 2. The van der Waals surface area contributed by atoms with Gasteiger partial charge in [-0.25, -0.2) is 9.00 Å². The van der Waals surface area contributed by atoms with E-state index < -0.39 is 44.4 Å². The Morgan fingerprint density at radius 1 is 1.50 bits per heavy atom. The number of fused-ring (bicyclic) bond motifs is 1. The Hall–Kier alpha value is -1.95. The molecule has 0 saturated carbocycles. The van der Waals surface area contributed by atoms with Gasteiger partial charge in [-0.1, -0.05) is 0 Å². The molecule has 3 rings (SSSR count). The number of aliphatic carboxylic acids is 1. The van der Waals surface area contributed by atoms with Gasteiger partial charge >= 0.3 is 5.97 Å². The van der Waals surface area contributed by atoms with Gasteiger partial charge in [0.1, 0.15) is 17.1 Å². The zero-order chi connectivity index (χ0) is 17.6. The molecule has 0 spiro atoms. The number of hydrogen-bond donors (Lipinski definition) is 4. The second-order valence-corrected chi connectivity index (χ2v) is 8.57. The number of thiol groups is 1. The van der Waals surface area contributed by atoms with Crippen LogP contribution in [0.25, 0.3) is 0 Å². The number of carboxylic acids is 1. The first-order valence-electron chi connectivity index (χ1n) is 6.80. The average Bonchev–Trinajstić information content (AvgIpc) is 3.06. The summed E-state index contributed by atoms with van der Waals surface area (Å²) in [5.74, 6) is -2.80. The van der Waals surface area contributed by atoms with Crippen LogP contribution in [0.15, 0.2) is 34.1 Å². The normalized spacial score (nSPS) is 24.4. The van der Waals surface area contributed by atoms with Gasteiger partial charge < -0.3 is 15.3 Å². The minimum absolute atomic E-state index is 0.0507. The molecule has 2 aliphatic heterocycles. The summed E-state index contributed by atoms with van der Waals surface area (Å²) in [5.41, 5.74) is 5.31. The monoisotopic (exact) mass is 374 g/mol. The zero-order valence-electron chi connectivity index (χ0n) is 12.1. The van der Waals surface area contributed by atoms with Crippen LogP contribution in [-0.2, 0) is 19.8 Å². The Bertz CT molecular complexity index is 801.